The molecular weight excluding hydrogens is 456 g/mol. The number of benzene rings is 2. The van der Waals surface area contributed by atoms with Crippen LogP contribution in [-0.2, 0) is 17.6 Å². The van der Waals surface area contributed by atoms with Crippen molar-refractivity contribution >= 4 is 39.7 Å². The van der Waals surface area contributed by atoms with Gasteiger partial charge < -0.3 is 9.80 Å². The van der Waals surface area contributed by atoms with Gasteiger partial charge in [0.15, 0.2) is 5.65 Å². The molecule has 2 aromatic carbocycles. The van der Waals surface area contributed by atoms with Gasteiger partial charge in [0.05, 0.1) is 11.9 Å². The van der Waals surface area contributed by atoms with Gasteiger partial charge in [-0.15, -0.1) is 21.5 Å². The minimum atomic E-state index is 0.0774. The number of carbonyl (C=O) groups excluding carboxylic acids is 1. The highest BCUT2D eigenvalue weighted by Gasteiger charge is 2.30. The number of hydrogen-bond donors (Lipinski definition) is 0. The summed E-state index contributed by atoms with van der Waals surface area (Å²) < 4.78 is 2.10. The lowest BCUT2D eigenvalue weighted by molar-refractivity contribution is -0.132. The summed E-state index contributed by atoms with van der Waals surface area (Å²) in [6.07, 6.45) is 1.14. The van der Waals surface area contributed by atoms with E-state index >= 15 is 0 Å². The highest BCUT2D eigenvalue weighted by molar-refractivity contribution is 7.10. The molecule has 0 aliphatic carbocycles. The number of rotatable bonds is 5. The Morgan fingerprint density at radius 2 is 1.83 bits per heavy atom. The predicted octanol–water partition coefficient (Wildman–Crippen LogP) is 4.21. The lowest BCUT2D eigenvalue weighted by Gasteiger charge is -2.40. The van der Waals surface area contributed by atoms with Crippen LogP contribution in [0.15, 0.2) is 72.1 Å². The summed E-state index contributed by atoms with van der Waals surface area (Å²) in [6.45, 7) is 4.20. The number of hydrogen-bond acceptors (Lipinski definition) is 6. The first-order valence-electron chi connectivity index (χ1n) is 11.9. The summed E-state index contributed by atoms with van der Waals surface area (Å²) in [5.74, 6) is 1.89. The van der Waals surface area contributed by atoms with Gasteiger partial charge in [0, 0.05) is 42.4 Å². The Balaban J connectivity index is 1.35. The Morgan fingerprint density at radius 3 is 2.63 bits per heavy atom. The Hall–Kier alpha value is -3.78. The molecule has 8 heteroatoms. The largest absolute Gasteiger partial charge is 0.338 e. The van der Waals surface area contributed by atoms with E-state index in [0.29, 0.717) is 32.5 Å². The maximum atomic E-state index is 13.0. The molecule has 1 aliphatic rings. The third kappa shape index (κ3) is 4.14. The van der Waals surface area contributed by atoms with Crippen LogP contribution in [0.5, 0.6) is 0 Å². The van der Waals surface area contributed by atoms with Gasteiger partial charge >= 0.3 is 0 Å². The van der Waals surface area contributed by atoms with Gasteiger partial charge in [0.1, 0.15) is 5.82 Å². The van der Waals surface area contributed by atoms with Gasteiger partial charge in [-0.05, 0) is 36.1 Å². The standard InChI is InChI=1S/C27H26N6OS/c1-19-18-31(13-14-32(19)25(34)17-21-10-7-15-35-21)27-28-23-12-6-5-11-22(23)26-30-29-24(33(26)27)16-20-8-3-2-4-9-20/h2-12,15,19H,13-14,16-18H2,1H3/t19-/m1/s1. The molecule has 7 nitrogen and oxygen atoms in total. The van der Waals surface area contributed by atoms with Gasteiger partial charge in [-0.3, -0.25) is 4.79 Å². The normalized spacial score (nSPS) is 16.3. The van der Waals surface area contributed by atoms with E-state index in [1.807, 2.05) is 64.9 Å². The summed E-state index contributed by atoms with van der Waals surface area (Å²) in [5, 5.41) is 12.2. The average Bonchev–Trinajstić information content (AvgIpc) is 3.54. The van der Waals surface area contributed by atoms with Crippen LogP contribution < -0.4 is 4.90 Å². The zero-order valence-electron chi connectivity index (χ0n) is 19.5. The summed E-state index contributed by atoms with van der Waals surface area (Å²) in [4.78, 5) is 23.5. The average molecular weight is 483 g/mol. The smallest absolute Gasteiger partial charge is 0.228 e. The van der Waals surface area contributed by atoms with Crippen LogP contribution in [0.25, 0.3) is 16.6 Å². The topological polar surface area (TPSA) is 66.6 Å². The van der Waals surface area contributed by atoms with Crippen LogP contribution in [-0.4, -0.2) is 56.1 Å². The molecule has 3 aromatic heterocycles. The van der Waals surface area contributed by atoms with Crippen molar-refractivity contribution in [2.45, 2.75) is 25.8 Å². The van der Waals surface area contributed by atoms with Gasteiger partial charge in [-0.1, -0.05) is 48.5 Å². The fourth-order valence-corrected chi connectivity index (χ4v) is 5.59. The Kier molecular flexibility index (Phi) is 5.66. The summed E-state index contributed by atoms with van der Waals surface area (Å²) in [5.41, 5.74) is 2.90. The third-order valence-corrected chi connectivity index (χ3v) is 7.51. The number of aromatic nitrogens is 4. The van der Waals surface area contributed by atoms with Crippen LogP contribution in [0.3, 0.4) is 0 Å². The molecule has 1 fully saturated rings. The molecule has 0 unspecified atom stereocenters. The van der Waals surface area contributed by atoms with E-state index in [1.54, 1.807) is 11.3 Å². The molecule has 0 bridgehead atoms. The van der Waals surface area contributed by atoms with E-state index in [0.717, 1.165) is 33.2 Å². The zero-order valence-corrected chi connectivity index (χ0v) is 20.4. The second-order valence-electron chi connectivity index (χ2n) is 9.00. The van der Waals surface area contributed by atoms with Crippen LogP contribution in [0.1, 0.15) is 23.2 Å². The van der Waals surface area contributed by atoms with Gasteiger partial charge in [0.25, 0.3) is 0 Å². The molecule has 0 spiro atoms. The van der Waals surface area contributed by atoms with Gasteiger partial charge in [0.2, 0.25) is 11.9 Å². The minimum Gasteiger partial charge on any atom is -0.338 e. The number of nitrogens with zero attached hydrogens (tertiary/aromatic N) is 6. The molecule has 1 saturated heterocycles. The lowest BCUT2D eigenvalue weighted by Crippen LogP contribution is -2.55. The van der Waals surface area contributed by atoms with Crippen LogP contribution in [0, 0.1) is 0 Å². The van der Waals surface area contributed by atoms with E-state index in [-0.39, 0.29) is 11.9 Å². The quantitative estimate of drug-likeness (QED) is 0.375. The number of fused-ring (bicyclic) bond motifs is 3. The maximum Gasteiger partial charge on any atom is 0.228 e. The highest BCUT2D eigenvalue weighted by atomic mass is 32.1. The zero-order chi connectivity index (χ0) is 23.8. The number of anilines is 1. The monoisotopic (exact) mass is 482 g/mol. The van der Waals surface area contributed by atoms with Crippen molar-refractivity contribution in [1.29, 1.82) is 0 Å². The predicted molar refractivity (Wildman–Crippen MR) is 139 cm³/mol. The van der Waals surface area contributed by atoms with Crippen molar-refractivity contribution in [3.8, 4) is 0 Å². The molecule has 1 aliphatic heterocycles. The van der Waals surface area contributed by atoms with Crippen molar-refractivity contribution in [1.82, 2.24) is 24.5 Å². The Bertz CT molecular complexity index is 1480. The first-order valence-corrected chi connectivity index (χ1v) is 12.8. The fourth-order valence-electron chi connectivity index (χ4n) is 4.90. The molecule has 35 heavy (non-hydrogen) atoms. The number of thiophene rings is 1. The molecule has 0 saturated carbocycles. The van der Waals surface area contributed by atoms with Crippen molar-refractivity contribution in [2.75, 3.05) is 24.5 Å². The van der Waals surface area contributed by atoms with E-state index in [2.05, 4.69) is 38.6 Å². The highest BCUT2D eigenvalue weighted by Crippen LogP contribution is 2.27. The molecule has 4 heterocycles. The summed E-state index contributed by atoms with van der Waals surface area (Å²) >= 11 is 1.63. The van der Waals surface area contributed by atoms with Crippen molar-refractivity contribution in [3.05, 3.63) is 88.4 Å². The number of piperazine rings is 1. The van der Waals surface area contributed by atoms with Crippen molar-refractivity contribution in [2.24, 2.45) is 0 Å². The second kappa shape index (κ2) is 9.11. The fraction of sp³-hybridized carbons (Fsp3) is 0.259. The first-order chi connectivity index (χ1) is 17.2. The molecule has 6 rings (SSSR count). The van der Waals surface area contributed by atoms with Crippen molar-refractivity contribution in [3.63, 3.8) is 0 Å². The number of carbonyl (C=O) groups is 1. The molecule has 1 atom stereocenters. The number of amides is 1. The number of para-hydroxylation sites is 1. The maximum absolute atomic E-state index is 13.0. The van der Waals surface area contributed by atoms with Crippen LogP contribution in [0.2, 0.25) is 0 Å². The third-order valence-electron chi connectivity index (χ3n) is 6.64. The van der Waals surface area contributed by atoms with E-state index in [4.69, 9.17) is 4.98 Å². The van der Waals surface area contributed by atoms with Crippen molar-refractivity contribution < 1.29 is 4.79 Å². The Labute approximate surface area is 207 Å². The minimum absolute atomic E-state index is 0.0774. The van der Waals surface area contributed by atoms with Gasteiger partial charge in [-0.25, -0.2) is 9.38 Å². The summed E-state index contributed by atoms with van der Waals surface area (Å²) in [6, 6.07) is 22.5. The van der Waals surface area contributed by atoms with Crippen LogP contribution >= 0.6 is 11.3 Å². The van der Waals surface area contributed by atoms with Crippen LogP contribution in [0.4, 0.5) is 5.95 Å². The molecule has 0 N–H and O–H groups in total. The molecule has 5 aromatic rings. The van der Waals surface area contributed by atoms with E-state index in [1.165, 1.54) is 5.56 Å². The first kappa shape index (κ1) is 21.7. The summed E-state index contributed by atoms with van der Waals surface area (Å²) in [7, 11) is 0. The molecule has 1 amide bonds. The SMILES string of the molecule is C[C@@H]1CN(c2nc3ccccc3c3nnc(Cc4ccccc4)n23)CCN1C(=O)Cc1cccs1. The van der Waals surface area contributed by atoms with Gasteiger partial charge in [-0.2, -0.15) is 0 Å². The Morgan fingerprint density at radius 1 is 1.00 bits per heavy atom. The van der Waals surface area contributed by atoms with E-state index in [9.17, 15) is 4.79 Å². The molecule has 0 radical (unpaired) electrons. The van der Waals surface area contributed by atoms with E-state index < -0.39 is 0 Å². The lowest BCUT2D eigenvalue weighted by atomic mass is 10.1. The molecule has 176 valence electrons. The second-order valence-corrected chi connectivity index (χ2v) is 10.0. The molecular formula is C27H26N6OS.